The number of amides is 1. The smallest absolute Gasteiger partial charge is 0.385 e. The molecule has 0 bridgehead atoms. The number of allylic oxidation sites excluding steroid dienone is 2. The predicted molar refractivity (Wildman–Crippen MR) is 115 cm³/mol. The van der Waals surface area contributed by atoms with Crippen LogP contribution < -0.4 is 5.32 Å². The number of carbonyl (C=O) groups excluding carboxylic acids is 1. The van der Waals surface area contributed by atoms with Gasteiger partial charge in [0.2, 0.25) is 0 Å². The van der Waals surface area contributed by atoms with Crippen LogP contribution in [0.15, 0.2) is 60.9 Å². The van der Waals surface area contributed by atoms with Crippen molar-refractivity contribution in [1.82, 2.24) is 15.3 Å². The van der Waals surface area contributed by atoms with Crippen molar-refractivity contribution in [2.24, 2.45) is 5.92 Å². The topological polar surface area (TPSA) is 75.1 Å². The van der Waals surface area contributed by atoms with Crippen LogP contribution in [-0.4, -0.2) is 33.7 Å². The Morgan fingerprint density at radius 2 is 2.03 bits per heavy atom. The molecule has 1 aromatic carbocycles. The fourth-order valence-corrected chi connectivity index (χ4v) is 3.89. The van der Waals surface area contributed by atoms with E-state index in [1.165, 1.54) is 6.20 Å². The number of benzene rings is 1. The Balaban J connectivity index is 1.49. The molecule has 1 amide bonds. The van der Waals surface area contributed by atoms with Crippen LogP contribution in [0.3, 0.4) is 0 Å². The fraction of sp³-hybridized carbons (Fsp3) is 0.292. The van der Waals surface area contributed by atoms with Crippen LogP contribution in [-0.2, 0) is 0 Å². The lowest BCUT2D eigenvalue weighted by molar-refractivity contribution is -0.175. The zero-order valence-corrected chi connectivity index (χ0v) is 17.1. The molecule has 0 saturated carbocycles. The molecule has 8 heteroatoms. The normalized spacial score (nSPS) is 17.6. The summed E-state index contributed by atoms with van der Waals surface area (Å²) in [5.41, 5.74) is 3.08. The minimum atomic E-state index is -4.18. The molecule has 2 aromatic heterocycles. The first-order chi connectivity index (χ1) is 15.3. The van der Waals surface area contributed by atoms with Gasteiger partial charge >= 0.3 is 6.18 Å². The van der Waals surface area contributed by atoms with Crippen LogP contribution in [0.25, 0.3) is 16.5 Å². The first-order valence-electron chi connectivity index (χ1n) is 10.3. The van der Waals surface area contributed by atoms with Gasteiger partial charge in [0, 0.05) is 29.9 Å². The van der Waals surface area contributed by atoms with E-state index >= 15 is 0 Å². The molecule has 166 valence electrons. The number of nitrogens with one attached hydrogen (secondary N) is 1. The third-order valence-corrected chi connectivity index (χ3v) is 5.68. The highest BCUT2D eigenvalue weighted by atomic mass is 19.4. The summed E-state index contributed by atoms with van der Waals surface area (Å²) in [5, 5.41) is 13.6. The van der Waals surface area contributed by atoms with Gasteiger partial charge in [0.05, 0.1) is 22.7 Å². The molecule has 3 aromatic rings. The van der Waals surface area contributed by atoms with Gasteiger partial charge in [0.15, 0.2) is 0 Å². The van der Waals surface area contributed by atoms with Gasteiger partial charge in [-0.25, -0.2) is 0 Å². The molecule has 0 fully saturated rings. The van der Waals surface area contributed by atoms with E-state index in [4.69, 9.17) is 0 Å². The van der Waals surface area contributed by atoms with E-state index in [0.29, 0.717) is 23.2 Å². The van der Waals surface area contributed by atoms with Crippen molar-refractivity contribution in [3.8, 4) is 0 Å². The summed E-state index contributed by atoms with van der Waals surface area (Å²) >= 11 is 0. The maximum atomic E-state index is 13.0. The second-order valence-corrected chi connectivity index (χ2v) is 7.82. The Labute approximate surface area is 183 Å². The van der Waals surface area contributed by atoms with Gasteiger partial charge in [0.1, 0.15) is 6.10 Å². The lowest BCUT2D eigenvalue weighted by Crippen LogP contribution is -2.28. The highest BCUT2D eigenvalue weighted by Crippen LogP contribution is 2.40. The maximum Gasteiger partial charge on any atom is 0.392 e. The molecule has 5 nitrogen and oxygen atoms in total. The highest BCUT2D eigenvalue weighted by Gasteiger charge is 2.39. The van der Waals surface area contributed by atoms with Gasteiger partial charge in [-0.15, -0.1) is 0 Å². The molecule has 1 aliphatic rings. The van der Waals surface area contributed by atoms with Crippen molar-refractivity contribution in [3.05, 3.63) is 77.8 Å². The van der Waals surface area contributed by atoms with E-state index in [2.05, 4.69) is 15.3 Å². The number of alkyl halides is 3. The number of hydrogen-bond acceptors (Lipinski definition) is 4. The number of carbonyl (C=O) groups is 1. The molecule has 0 saturated heterocycles. The molecule has 2 N–H and O–H groups in total. The molecule has 2 heterocycles. The van der Waals surface area contributed by atoms with Crippen molar-refractivity contribution in [3.63, 3.8) is 0 Å². The Kier molecular flexibility index (Phi) is 6.23. The van der Waals surface area contributed by atoms with Crippen LogP contribution in [0, 0.1) is 5.92 Å². The van der Waals surface area contributed by atoms with Gasteiger partial charge in [-0.05, 0) is 43.0 Å². The van der Waals surface area contributed by atoms with E-state index in [-0.39, 0.29) is 25.3 Å². The van der Waals surface area contributed by atoms with Crippen molar-refractivity contribution in [1.29, 1.82) is 0 Å². The minimum Gasteiger partial charge on any atom is -0.385 e. The Morgan fingerprint density at radius 1 is 1.19 bits per heavy atom. The van der Waals surface area contributed by atoms with E-state index < -0.39 is 18.2 Å². The van der Waals surface area contributed by atoms with Crippen LogP contribution >= 0.6 is 0 Å². The molecular formula is C24H22F3N3O2. The molecular weight excluding hydrogens is 419 g/mol. The number of para-hydroxylation sites is 1. The number of nitrogens with zero attached hydrogens (tertiary/aromatic N) is 2. The quantitative estimate of drug-likeness (QED) is 0.594. The standard InChI is InChI=1S/C24H22F3N3O2/c25-24(26,27)18-9-7-15(8-10-18)19-5-3-4-16-12-17(13-29-22(16)19)23(32)30-14-21(31)20-6-1-2-11-28-20/h1-7,11-13,18,21,31H,8-10,14H2,(H,30,32)/t18-,21+/m1/s1. The number of pyridine rings is 2. The second kappa shape index (κ2) is 9.08. The summed E-state index contributed by atoms with van der Waals surface area (Å²) < 4.78 is 38.9. The van der Waals surface area contributed by atoms with Gasteiger partial charge in [-0.1, -0.05) is 30.3 Å². The molecule has 0 unspecified atom stereocenters. The van der Waals surface area contributed by atoms with E-state index in [0.717, 1.165) is 16.5 Å². The minimum absolute atomic E-state index is 0.00117. The van der Waals surface area contributed by atoms with Gasteiger partial charge < -0.3 is 10.4 Å². The number of hydrogen-bond donors (Lipinski definition) is 2. The van der Waals surface area contributed by atoms with E-state index in [1.54, 1.807) is 36.5 Å². The van der Waals surface area contributed by atoms with Crippen LogP contribution in [0.5, 0.6) is 0 Å². The van der Waals surface area contributed by atoms with Crippen LogP contribution in [0.4, 0.5) is 13.2 Å². The molecule has 32 heavy (non-hydrogen) atoms. The third-order valence-electron chi connectivity index (χ3n) is 5.68. The number of aliphatic hydroxyl groups is 1. The third kappa shape index (κ3) is 4.80. The zero-order valence-electron chi connectivity index (χ0n) is 17.1. The number of fused-ring (bicyclic) bond motifs is 1. The Hall–Kier alpha value is -3.26. The van der Waals surface area contributed by atoms with Crippen molar-refractivity contribution >= 4 is 22.4 Å². The van der Waals surface area contributed by atoms with Crippen LogP contribution in [0.1, 0.15) is 47.0 Å². The Bertz CT molecular complexity index is 1150. The molecule has 0 spiro atoms. The number of halogens is 3. The SMILES string of the molecule is O=C(NC[C@H](O)c1ccccn1)c1cnc2c(C3=CC[C@@H](C(F)(F)F)CC3)cccc2c1. The average molecular weight is 441 g/mol. The summed E-state index contributed by atoms with van der Waals surface area (Å²) in [5.74, 6) is -1.68. The summed E-state index contributed by atoms with van der Waals surface area (Å²) in [6.45, 7) is 0.00117. The largest absolute Gasteiger partial charge is 0.392 e. The lowest BCUT2D eigenvalue weighted by Gasteiger charge is -2.24. The molecule has 0 aliphatic heterocycles. The summed E-state index contributed by atoms with van der Waals surface area (Å²) in [6, 6.07) is 12.3. The molecule has 4 rings (SSSR count). The number of aromatic nitrogens is 2. The molecule has 1 aliphatic carbocycles. The number of rotatable bonds is 5. The fourth-order valence-electron chi connectivity index (χ4n) is 3.89. The molecule has 2 atom stereocenters. The lowest BCUT2D eigenvalue weighted by atomic mass is 9.85. The van der Waals surface area contributed by atoms with E-state index in [9.17, 15) is 23.1 Å². The maximum absolute atomic E-state index is 13.0. The summed E-state index contributed by atoms with van der Waals surface area (Å²) in [6.07, 6.45) is -0.0909. The Morgan fingerprint density at radius 3 is 2.72 bits per heavy atom. The zero-order chi connectivity index (χ0) is 22.7. The van der Waals surface area contributed by atoms with Crippen molar-refractivity contribution in [2.45, 2.75) is 31.5 Å². The van der Waals surface area contributed by atoms with E-state index in [1.807, 2.05) is 18.2 Å². The average Bonchev–Trinajstić information content (AvgIpc) is 2.81. The highest BCUT2D eigenvalue weighted by molar-refractivity contribution is 5.99. The van der Waals surface area contributed by atoms with Crippen molar-refractivity contribution < 1.29 is 23.1 Å². The van der Waals surface area contributed by atoms with Gasteiger partial charge in [-0.2, -0.15) is 13.2 Å². The van der Waals surface area contributed by atoms with Gasteiger partial charge in [-0.3, -0.25) is 14.8 Å². The molecule has 0 radical (unpaired) electrons. The monoisotopic (exact) mass is 441 g/mol. The van der Waals surface area contributed by atoms with Gasteiger partial charge in [0.25, 0.3) is 5.91 Å². The van der Waals surface area contributed by atoms with Crippen molar-refractivity contribution in [2.75, 3.05) is 6.54 Å². The summed E-state index contributed by atoms with van der Waals surface area (Å²) in [4.78, 5) is 21.0. The summed E-state index contributed by atoms with van der Waals surface area (Å²) in [7, 11) is 0. The van der Waals surface area contributed by atoms with Crippen LogP contribution in [0.2, 0.25) is 0 Å². The predicted octanol–water partition coefficient (Wildman–Crippen LogP) is 4.84. The second-order valence-electron chi connectivity index (χ2n) is 7.82. The first-order valence-corrected chi connectivity index (χ1v) is 10.3. The number of aliphatic hydroxyl groups excluding tert-OH is 1. The first kappa shape index (κ1) is 22.0.